The average Bonchev–Trinajstić information content (AvgIpc) is 2.81. The van der Waals surface area contributed by atoms with E-state index in [2.05, 4.69) is 0 Å². The molecule has 0 fully saturated rings. The molecule has 1 N–H and O–H groups in total. The molecule has 82 valence electrons. The summed E-state index contributed by atoms with van der Waals surface area (Å²) in [5, 5.41) is 24.1. The Kier molecular flexibility index (Phi) is 2.98. The highest BCUT2D eigenvalue weighted by Gasteiger charge is 2.12. The molecule has 1 heterocycles. The minimum atomic E-state index is -0.716. The predicted molar refractivity (Wildman–Crippen MR) is 61.5 cm³/mol. The van der Waals surface area contributed by atoms with Crippen LogP contribution in [0.25, 0.3) is 0 Å². The lowest BCUT2D eigenvalue weighted by Gasteiger charge is -2.08. The highest BCUT2D eigenvalue weighted by atomic mass is 32.1. The molecule has 0 saturated heterocycles. The van der Waals surface area contributed by atoms with Crippen LogP contribution in [0.5, 0.6) is 0 Å². The lowest BCUT2D eigenvalue weighted by Crippen LogP contribution is -1.98. The molecule has 0 aliphatic carbocycles. The van der Waals surface area contributed by atoms with Gasteiger partial charge in [-0.05, 0) is 40.1 Å². The fourth-order valence-corrected chi connectivity index (χ4v) is 2.08. The molecule has 0 aliphatic rings. The van der Waals surface area contributed by atoms with Crippen LogP contribution in [0, 0.1) is 10.1 Å². The van der Waals surface area contributed by atoms with Gasteiger partial charge in [-0.25, -0.2) is 0 Å². The van der Waals surface area contributed by atoms with E-state index in [1.807, 2.05) is 16.8 Å². The molecule has 2 rings (SSSR count). The Morgan fingerprint density at radius 2 is 1.88 bits per heavy atom. The standard InChI is InChI=1S/C11H9NO3S/c13-11(9-5-6-16-7-9)8-1-3-10(4-2-8)12(14)15/h1-7,11,13H. The first kappa shape index (κ1) is 10.8. The van der Waals surface area contributed by atoms with Crippen molar-refractivity contribution in [2.75, 3.05) is 0 Å². The molecule has 0 spiro atoms. The number of rotatable bonds is 3. The van der Waals surface area contributed by atoms with Crippen LogP contribution in [0.3, 0.4) is 0 Å². The van der Waals surface area contributed by atoms with Crippen LogP contribution in [0.4, 0.5) is 5.69 Å². The number of benzene rings is 1. The maximum Gasteiger partial charge on any atom is 0.269 e. The fourth-order valence-electron chi connectivity index (χ4n) is 1.40. The second kappa shape index (κ2) is 4.42. The number of aliphatic hydroxyl groups excluding tert-OH is 1. The van der Waals surface area contributed by atoms with Crippen molar-refractivity contribution in [3.8, 4) is 0 Å². The number of thiophene rings is 1. The van der Waals surface area contributed by atoms with Crippen molar-refractivity contribution in [1.82, 2.24) is 0 Å². The van der Waals surface area contributed by atoms with Crippen LogP contribution in [-0.4, -0.2) is 10.0 Å². The molecule has 0 amide bonds. The second-order valence-electron chi connectivity index (χ2n) is 3.31. The minimum absolute atomic E-state index is 0.0290. The van der Waals surface area contributed by atoms with Crippen molar-refractivity contribution in [3.63, 3.8) is 0 Å². The first-order valence-electron chi connectivity index (χ1n) is 4.63. The van der Waals surface area contributed by atoms with Crippen LogP contribution in [0.2, 0.25) is 0 Å². The molecule has 0 radical (unpaired) electrons. The summed E-state index contributed by atoms with van der Waals surface area (Å²) in [5.41, 5.74) is 1.49. The normalized spacial score (nSPS) is 12.3. The average molecular weight is 235 g/mol. The molecule has 2 aromatic rings. The van der Waals surface area contributed by atoms with Gasteiger partial charge >= 0.3 is 0 Å². The van der Waals surface area contributed by atoms with Gasteiger partial charge in [0.05, 0.1) is 4.92 Å². The Morgan fingerprint density at radius 3 is 2.38 bits per heavy atom. The van der Waals surface area contributed by atoms with E-state index >= 15 is 0 Å². The van der Waals surface area contributed by atoms with E-state index in [1.54, 1.807) is 12.1 Å². The molecule has 1 aromatic carbocycles. The molecule has 1 atom stereocenters. The summed E-state index contributed by atoms with van der Waals surface area (Å²) in [6.07, 6.45) is -0.716. The maximum atomic E-state index is 10.5. The Bertz CT molecular complexity index is 478. The van der Waals surface area contributed by atoms with Gasteiger partial charge in [0.1, 0.15) is 6.10 Å². The number of hydrogen-bond donors (Lipinski definition) is 1. The van der Waals surface area contributed by atoms with Crippen molar-refractivity contribution in [1.29, 1.82) is 0 Å². The molecule has 0 saturated carbocycles. The monoisotopic (exact) mass is 235 g/mol. The molecular formula is C11H9NO3S. The highest BCUT2D eigenvalue weighted by molar-refractivity contribution is 7.07. The number of hydrogen-bond acceptors (Lipinski definition) is 4. The van der Waals surface area contributed by atoms with E-state index in [9.17, 15) is 15.2 Å². The van der Waals surface area contributed by atoms with Gasteiger partial charge in [0, 0.05) is 12.1 Å². The number of nitro groups is 1. The quantitative estimate of drug-likeness (QED) is 0.657. The van der Waals surface area contributed by atoms with E-state index in [0.29, 0.717) is 5.56 Å². The molecule has 1 unspecified atom stereocenters. The molecular weight excluding hydrogens is 226 g/mol. The predicted octanol–water partition coefficient (Wildman–Crippen LogP) is 2.74. The van der Waals surface area contributed by atoms with Crippen molar-refractivity contribution in [2.24, 2.45) is 0 Å². The minimum Gasteiger partial charge on any atom is -0.384 e. The largest absolute Gasteiger partial charge is 0.384 e. The van der Waals surface area contributed by atoms with Gasteiger partial charge in [-0.3, -0.25) is 10.1 Å². The summed E-state index contributed by atoms with van der Waals surface area (Å²) >= 11 is 1.50. The Labute approximate surface area is 95.9 Å². The van der Waals surface area contributed by atoms with Crippen molar-refractivity contribution in [3.05, 3.63) is 62.3 Å². The van der Waals surface area contributed by atoms with Gasteiger partial charge in [-0.1, -0.05) is 0 Å². The SMILES string of the molecule is O=[N+]([O-])c1ccc(C(O)c2ccsc2)cc1. The number of non-ortho nitro benzene ring substituents is 1. The third-order valence-corrected chi connectivity index (χ3v) is 2.98. The Morgan fingerprint density at radius 1 is 1.19 bits per heavy atom. The van der Waals surface area contributed by atoms with Crippen molar-refractivity contribution >= 4 is 17.0 Å². The summed E-state index contributed by atoms with van der Waals surface area (Å²) in [6, 6.07) is 7.76. The number of aliphatic hydroxyl groups is 1. The molecule has 4 nitrogen and oxygen atoms in total. The van der Waals surface area contributed by atoms with Crippen LogP contribution in [0.1, 0.15) is 17.2 Å². The van der Waals surface area contributed by atoms with Crippen LogP contribution in [0.15, 0.2) is 41.1 Å². The van der Waals surface area contributed by atoms with E-state index < -0.39 is 11.0 Å². The zero-order chi connectivity index (χ0) is 11.5. The van der Waals surface area contributed by atoms with Crippen LogP contribution in [-0.2, 0) is 0 Å². The van der Waals surface area contributed by atoms with Gasteiger partial charge < -0.3 is 5.11 Å². The van der Waals surface area contributed by atoms with Gasteiger partial charge in [0.15, 0.2) is 0 Å². The molecule has 0 aliphatic heterocycles. The summed E-state index contributed by atoms with van der Waals surface area (Å²) in [4.78, 5) is 10.00. The van der Waals surface area contributed by atoms with E-state index in [0.717, 1.165) is 5.56 Å². The second-order valence-corrected chi connectivity index (χ2v) is 4.09. The van der Waals surface area contributed by atoms with Gasteiger partial charge in [0.25, 0.3) is 5.69 Å². The first-order valence-corrected chi connectivity index (χ1v) is 5.57. The third-order valence-electron chi connectivity index (χ3n) is 2.28. The molecule has 0 bridgehead atoms. The third kappa shape index (κ3) is 2.10. The van der Waals surface area contributed by atoms with E-state index in [1.165, 1.54) is 23.5 Å². The maximum absolute atomic E-state index is 10.5. The first-order chi connectivity index (χ1) is 7.68. The lowest BCUT2D eigenvalue weighted by molar-refractivity contribution is -0.384. The molecule has 1 aromatic heterocycles. The smallest absolute Gasteiger partial charge is 0.269 e. The Balaban J connectivity index is 2.25. The molecule has 16 heavy (non-hydrogen) atoms. The van der Waals surface area contributed by atoms with Gasteiger partial charge in [-0.2, -0.15) is 11.3 Å². The van der Waals surface area contributed by atoms with E-state index in [4.69, 9.17) is 0 Å². The fraction of sp³-hybridized carbons (Fsp3) is 0.0909. The summed E-state index contributed by atoms with van der Waals surface area (Å²) in [5.74, 6) is 0. The van der Waals surface area contributed by atoms with Crippen molar-refractivity contribution in [2.45, 2.75) is 6.10 Å². The molecule has 5 heteroatoms. The highest BCUT2D eigenvalue weighted by Crippen LogP contribution is 2.25. The van der Waals surface area contributed by atoms with Gasteiger partial charge in [0.2, 0.25) is 0 Å². The summed E-state index contributed by atoms with van der Waals surface area (Å²) in [7, 11) is 0. The zero-order valence-electron chi connectivity index (χ0n) is 8.24. The number of nitrogens with zero attached hydrogens (tertiary/aromatic N) is 1. The van der Waals surface area contributed by atoms with E-state index in [-0.39, 0.29) is 5.69 Å². The Hall–Kier alpha value is -1.72. The topological polar surface area (TPSA) is 63.4 Å². The zero-order valence-corrected chi connectivity index (χ0v) is 9.05. The van der Waals surface area contributed by atoms with Crippen LogP contribution < -0.4 is 0 Å². The van der Waals surface area contributed by atoms with Gasteiger partial charge in [-0.15, -0.1) is 0 Å². The van der Waals surface area contributed by atoms with Crippen LogP contribution >= 0.6 is 11.3 Å². The summed E-state index contributed by atoms with van der Waals surface area (Å²) in [6.45, 7) is 0. The van der Waals surface area contributed by atoms with Crippen molar-refractivity contribution < 1.29 is 10.0 Å². The number of nitro benzene ring substituents is 1. The lowest BCUT2D eigenvalue weighted by atomic mass is 10.0. The summed E-state index contributed by atoms with van der Waals surface area (Å²) < 4.78 is 0.